The molecule has 1 atom stereocenters. The Morgan fingerprint density at radius 3 is 2.53 bits per heavy atom. The molecule has 1 N–H and O–H groups in total. The number of hydrogen-bond donors (Lipinski definition) is 1. The quantitative estimate of drug-likeness (QED) is 0.546. The Balaban J connectivity index is 1.61. The molecule has 0 spiro atoms. The second-order valence-corrected chi connectivity index (χ2v) is 8.30. The summed E-state index contributed by atoms with van der Waals surface area (Å²) >= 11 is 0. The zero-order valence-electron chi connectivity index (χ0n) is 17.7. The largest absolute Gasteiger partial charge is 0.322 e. The Morgan fingerprint density at radius 1 is 1.07 bits per heavy atom. The molecule has 3 aromatic rings. The topological polar surface area (TPSA) is 45.2 Å². The van der Waals surface area contributed by atoms with E-state index in [-0.39, 0.29) is 12.1 Å². The predicted octanol–water partition coefficient (Wildman–Crippen LogP) is 6.32. The maximum absolute atomic E-state index is 13.4. The number of pyridine rings is 1. The first-order valence-corrected chi connectivity index (χ1v) is 10.8. The lowest BCUT2D eigenvalue weighted by atomic mass is 9.86. The van der Waals surface area contributed by atoms with Crippen molar-refractivity contribution in [1.82, 2.24) is 9.88 Å². The third kappa shape index (κ3) is 4.54. The standard InChI is InChI=1S/C26H29N3O/c1-19(2)21-10-12-23(13-11-21)28-26(30)29(18-20-14-16-27-17-15-20)25-9-5-7-22-6-3-4-8-24(22)25/h3-4,6,8,10-17,19,25H,5,7,9,18H2,1-2H3,(H,28,30). The summed E-state index contributed by atoms with van der Waals surface area (Å²) in [5.74, 6) is 0.469. The minimum Gasteiger partial charge on any atom is -0.313 e. The van der Waals surface area contributed by atoms with Crippen LogP contribution in [0, 0.1) is 0 Å². The monoisotopic (exact) mass is 399 g/mol. The number of amides is 2. The Labute approximate surface area is 179 Å². The van der Waals surface area contributed by atoms with Crippen LogP contribution in [0.25, 0.3) is 0 Å². The molecular weight excluding hydrogens is 370 g/mol. The fourth-order valence-electron chi connectivity index (χ4n) is 4.21. The van der Waals surface area contributed by atoms with E-state index >= 15 is 0 Å². The number of urea groups is 1. The number of anilines is 1. The van der Waals surface area contributed by atoms with Gasteiger partial charge >= 0.3 is 6.03 Å². The van der Waals surface area contributed by atoms with Crippen LogP contribution in [0.2, 0.25) is 0 Å². The number of nitrogens with one attached hydrogen (secondary N) is 1. The zero-order chi connectivity index (χ0) is 20.9. The molecule has 0 aliphatic heterocycles. The SMILES string of the molecule is CC(C)c1ccc(NC(=O)N(Cc2ccncc2)C2CCCc3ccccc32)cc1. The fourth-order valence-corrected chi connectivity index (χ4v) is 4.21. The number of carbonyl (C=O) groups excluding carboxylic acids is 1. The van der Waals surface area contributed by atoms with Crippen molar-refractivity contribution in [2.75, 3.05) is 5.32 Å². The summed E-state index contributed by atoms with van der Waals surface area (Å²) in [5, 5.41) is 3.13. The lowest BCUT2D eigenvalue weighted by Gasteiger charge is -2.36. The summed E-state index contributed by atoms with van der Waals surface area (Å²) in [5.41, 5.74) is 5.79. The first-order chi connectivity index (χ1) is 14.6. The molecule has 2 amide bonds. The van der Waals surface area contributed by atoms with Gasteiger partial charge in [0.15, 0.2) is 0 Å². The molecule has 2 aromatic carbocycles. The van der Waals surface area contributed by atoms with Crippen molar-refractivity contribution in [3.63, 3.8) is 0 Å². The van der Waals surface area contributed by atoms with Crippen LogP contribution in [0.3, 0.4) is 0 Å². The van der Waals surface area contributed by atoms with Crippen LogP contribution in [0.1, 0.15) is 60.9 Å². The third-order valence-electron chi connectivity index (χ3n) is 5.91. The van der Waals surface area contributed by atoms with Crippen LogP contribution in [0.5, 0.6) is 0 Å². The van der Waals surface area contributed by atoms with Gasteiger partial charge in [-0.2, -0.15) is 0 Å². The normalized spacial score (nSPS) is 15.5. The number of carbonyl (C=O) groups is 1. The second-order valence-electron chi connectivity index (χ2n) is 8.30. The summed E-state index contributed by atoms with van der Waals surface area (Å²) < 4.78 is 0. The van der Waals surface area contributed by atoms with E-state index in [1.165, 1.54) is 16.7 Å². The fraction of sp³-hybridized carbons (Fsp3) is 0.308. The van der Waals surface area contributed by atoms with Crippen molar-refractivity contribution in [3.8, 4) is 0 Å². The molecular formula is C26H29N3O. The molecule has 4 nitrogen and oxygen atoms in total. The van der Waals surface area contributed by atoms with Gasteiger partial charge in [0, 0.05) is 24.6 Å². The van der Waals surface area contributed by atoms with Gasteiger partial charge in [0.25, 0.3) is 0 Å². The van der Waals surface area contributed by atoms with Gasteiger partial charge in [-0.15, -0.1) is 0 Å². The van der Waals surface area contributed by atoms with E-state index < -0.39 is 0 Å². The molecule has 1 aliphatic carbocycles. The summed E-state index contributed by atoms with van der Waals surface area (Å²) in [6.45, 7) is 4.90. The highest BCUT2D eigenvalue weighted by molar-refractivity contribution is 5.89. The Kier molecular flexibility index (Phi) is 6.12. The van der Waals surface area contributed by atoms with Gasteiger partial charge in [0.1, 0.15) is 0 Å². The van der Waals surface area contributed by atoms with Crippen LogP contribution in [0.15, 0.2) is 73.1 Å². The van der Waals surface area contributed by atoms with Crippen LogP contribution >= 0.6 is 0 Å². The van der Waals surface area contributed by atoms with Crippen molar-refractivity contribution in [1.29, 1.82) is 0 Å². The summed E-state index contributed by atoms with van der Waals surface area (Å²) in [4.78, 5) is 19.5. The van der Waals surface area contributed by atoms with Gasteiger partial charge in [-0.3, -0.25) is 4.98 Å². The van der Waals surface area contributed by atoms with Crippen LogP contribution in [0.4, 0.5) is 10.5 Å². The molecule has 30 heavy (non-hydrogen) atoms. The Morgan fingerprint density at radius 2 is 1.80 bits per heavy atom. The number of hydrogen-bond acceptors (Lipinski definition) is 2. The van der Waals surface area contributed by atoms with E-state index in [0.717, 1.165) is 30.5 Å². The van der Waals surface area contributed by atoms with Crippen molar-refractivity contribution in [3.05, 3.63) is 95.3 Å². The first kappa shape index (κ1) is 20.1. The van der Waals surface area contributed by atoms with Gasteiger partial charge < -0.3 is 10.2 Å². The highest BCUT2D eigenvalue weighted by Crippen LogP contribution is 2.35. The zero-order valence-corrected chi connectivity index (χ0v) is 17.7. The van der Waals surface area contributed by atoms with Crippen LogP contribution in [-0.2, 0) is 13.0 Å². The molecule has 1 aliphatic rings. The highest BCUT2D eigenvalue weighted by Gasteiger charge is 2.29. The molecule has 1 aromatic heterocycles. The molecule has 4 rings (SSSR count). The molecule has 154 valence electrons. The van der Waals surface area contributed by atoms with E-state index in [1.807, 2.05) is 29.2 Å². The van der Waals surface area contributed by atoms with E-state index in [2.05, 4.69) is 60.5 Å². The smallest absolute Gasteiger partial charge is 0.313 e. The predicted molar refractivity (Wildman–Crippen MR) is 121 cm³/mol. The van der Waals surface area contributed by atoms with Crippen molar-refractivity contribution in [2.24, 2.45) is 0 Å². The van der Waals surface area contributed by atoms with Crippen molar-refractivity contribution >= 4 is 11.7 Å². The van der Waals surface area contributed by atoms with E-state index in [9.17, 15) is 4.79 Å². The minimum atomic E-state index is -0.0641. The lowest BCUT2D eigenvalue weighted by Crippen LogP contribution is -2.39. The third-order valence-corrected chi connectivity index (χ3v) is 5.91. The minimum absolute atomic E-state index is 0.0641. The number of nitrogens with zero attached hydrogens (tertiary/aromatic N) is 2. The average molecular weight is 400 g/mol. The molecule has 0 radical (unpaired) electrons. The van der Waals surface area contributed by atoms with Gasteiger partial charge in [-0.05, 0) is 71.7 Å². The Bertz CT molecular complexity index is 983. The van der Waals surface area contributed by atoms with E-state index in [4.69, 9.17) is 0 Å². The Hall–Kier alpha value is -3.14. The molecule has 0 saturated carbocycles. The summed E-state index contributed by atoms with van der Waals surface area (Å²) in [6.07, 6.45) is 6.70. The second kappa shape index (κ2) is 9.12. The van der Waals surface area contributed by atoms with Crippen LogP contribution < -0.4 is 5.32 Å². The summed E-state index contributed by atoms with van der Waals surface area (Å²) in [7, 11) is 0. The summed E-state index contributed by atoms with van der Waals surface area (Å²) in [6, 6.07) is 20.6. The molecule has 0 saturated heterocycles. The molecule has 1 unspecified atom stereocenters. The van der Waals surface area contributed by atoms with E-state index in [0.29, 0.717) is 12.5 Å². The number of aromatic nitrogens is 1. The number of fused-ring (bicyclic) bond motifs is 1. The molecule has 0 bridgehead atoms. The van der Waals surface area contributed by atoms with Gasteiger partial charge in [0.2, 0.25) is 0 Å². The lowest BCUT2D eigenvalue weighted by molar-refractivity contribution is 0.175. The molecule has 4 heteroatoms. The van der Waals surface area contributed by atoms with Gasteiger partial charge in [-0.25, -0.2) is 4.79 Å². The average Bonchev–Trinajstić information content (AvgIpc) is 2.78. The highest BCUT2D eigenvalue weighted by atomic mass is 16.2. The first-order valence-electron chi connectivity index (χ1n) is 10.8. The molecule has 1 heterocycles. The maximum atomic E-state index is 13.4. The number of aryl methyl sites for hydroxylation is 1. The number of rotatable bonds is 5. The van der Waals surface area contributed by atoms with E-state index in [1.54, 1.807) is 12.4 Å². The number of benzene rings is 2. The van der Waals surface area contributed by atoms with Crippen molar-refractivity contribution < 1.29 is 4.79 Å². The van der Waals surface area contributed by atoms with Crippen LogP contribution in [-0.4, -0.2) is 15.9 Å². The molecule has 0 fully saturated rings. The van der Waals surface area contributed by atoms with Crippen molar-refractivity contribution in [2.45, 2.75) is 51.6 Å². The maximum Gasteiger partial charge on any atom is 0.322 e. The van der Waals surface area contributed by atoms with Gasteiger partial charge in [0.05, 0.1) is 6.04 Å². The van der Waals surface area contributed by atoms with Gasteiger partial charge in [-0.1, -0.05) is 50.2 Å².